The van der Waals surface area contributed by atoms with Gasteiger partial charge in [-0.25, -0.2) is 0 Å². The Bertz CT molecular complexity index is 267. The molecule has 3 fully saturated rings. The molecule has 0 amide bonds. The Kier molecular flexibility index (Phi) is 3.92. The van der Waals surface area contributed by atoms with E-state index in [2.05, 4.69) is 0 Å². The average molecular weight is 254 g/mol. The number of aliphatic hydroxyl groups excluding tert-OH is 1. The molecule has 1 saturated carbocycles. The predicted octanol–water partition coefficient (Wildman–Crippen LogP) is 2.51. The normalized spacial score (nSPS) is 39.5. The predicted molar refractivity (Wildman–Crippen MR) is 69.4 cm³/mol. The van der Waals surface area contributed by atoms with Gasteiger partial charge in [0.1, 0.15) is 0 Å². The second kappa shape index (κ2) is 5.48. The smallest absolute Gasteiger partial charge is 0.0939 e. The zero-order valence-electron chi connectivity index (χ0n) is 11.3. The lowest BCUT2D eigenvalue weighted by molar-refractivity contribution is -0.104. The molecule has 3 atom stereocenters. The molecule has 3 nitrogen and oxygen atoms in total. The van der Waals surface area contributed by atoms with Crippen molar-refractivity contribution in [3.8, 4) is 0 Å². The Balaban J connectivity index is 1.52. The van der Waals surface area contributed by atoms with E-state index in [-0.39, 0.29) is 11.7 Å². The highest BCUT2D eigenvalue weighted by Crippen LogP contribution is 2.39. The van der Waals surface area contributed by atoms with Crippen LogP contribution in [0.25, 0.3) is 0 Å². The van der Waals surface area contributed by atoms with Crippen molar-refractivity contribution in [2.24, 2.45) is 11.8 Å². The van der Waals surface area contributed by atoms with Crippen LogP contribution in [-0.4, -0.2) is 36.6 Å². The van der Waals surface area contributed by atoms with Gasteiger partial charge in [-0.3, -0.25) is 0 Å². The highest BCUT2D eigenvalue weighted by molar-refractivity contribution is 4.91. The van der Waals surface area contributed by atoms with E-state index in [1.165, 1.54) is 25.7 Å². The van der Waals surface area contributed by atoms with E-state index in [9.17, 15) is 5.11 Å². The molecule has 3 rings (SSSR count). The first-order valence-electron chi connectivity index (χ1n) is 7.67. The number of rotatable bonds is 3. The second-order valence-electron chi connectivity index (χ2n) is 6.54. The van der Waals surface area contributed by atoms with Gasteiger partial charge in [0.25, 0.3) is 0 Å². The quantitative estimate of drug-likeness (QED) is 0.841. The Labute approximate surface area is 110 Å². The van der Waals surface area contributed by atoms with Crippen molar-refractivity contribution >= 4 is 0 Å². The standard InChI is InChI=1S/C15H26O3/c16-14(13-3-1-2-4-13)9-12-5-7-18-15(10-12)6-8-17-11-15/h12-14,16H,1-11H2. The molecule has 3 aliphatic rings. The molecule has 0 aromatic carbocycles. The van der Waals surface area contributed by atoms with Gasteiger partial charge < -0.3 is 14.6 Å². The van der Waals surface area contributed by atoms with Crippen LogP contribution in [-0.2, 0) is 9.47 Å². The average Bonchev–Trinajstić information content (AvgIpc) is 3.01. The van der Waals surface area contributed by atoms with Crippen molar-refractivity contribution in [2.75, 3.05) is 19.8 Å². The summed E-state index contributed by atoms with van der Waals surface area (Å²) in [5.41, 5.74) is -0.00167. The van der Waals surface area contributed by atoms with Crippen LogP contribution in [0, 0.1) is 11.8 Å². The molecule has 1 aliphatic carbocycles. The molecule has 2 aliphatic heterocycles. The molecule has 0 aromatic heterocycles. The molecule has 104 valence electrons. The van der Waals surface area contributed by atoms with Gasteiger partial charge in [-0.05, 0) is 43.9 Å². The molecule has 0 aromatic rings. The number of ether oxygens (including phenoxy) is 2. The van der Waals surface area contributed by atoms with Crippen LogP contribution in [0.5, 0.6) is 0 Å². The molecule has 3 heteroatoms. The Morgan fingerprint density at radius 2 is 2.00 bits per heavy atom. The molecule has 3 unspecified atom stereocenters. The second-order valence-corrected chi connectivity index (χ2v) is 6.54. The summed E-state index contributed by atoms with van der Waals surface area (Å²) in [6.07, 6.45) is 9.26. The highest BCUT2D eigenvalue weighted by Gasteiger charge is 2.41. The minimum absolute atomic E-state index is 0.00167. The Hall–Kier alpha value is -0.120. The maximum absolute atomic E-state index is 10.4. The molecular formula is C15H26O3. The minimum Gasteiger partial charge on any atom is -0.393 e. The van der Waals surface area contributed by atoms with Gasteiger partial charge in [-0.1, -0.05) is 12.8 Å². The lowest BCUT2D eigenvalue weighted by Crippen LogP contribution is -2.41. The van der Waals surface area contributed by atoms with Crippen LogP contribution in [0.4, 0.5) is 0 Å². The maximum atomic E-state index is 10.4. The summed E-state index contributed by atoms with van der Waals surface area (Å²) in [5, 5.41) is 10.4. The molecule has 1 N–H and O–H groups in total. The molecular weight excluding hydrogens is 228 g/mol. The van der Waals surface area contributed by atoms with E-state index >= 15 is 0 Å². The zero-order chi connectivity index (χ0) is 12.4. The molecule has 0 radical (unpaired) electrons. The third kappa shape index (κ3) is 2.73. The van der Waals surface area contributed by atoms with Gasteiger partial charge in [0.05, 0.1) is 18.3 Å². The minimum atomic E-state index is -0.0741. The first kappa shape index (κ1) is 12.9. The van der Waals surface area contributed by atoms with Gasteiger partial charge in [-0.15, -0.1) is 0 Å². The summed E-state index contributed by atoms with van der Waals surface area (Å²) in [5.74, 6) is 1.21. The number of hydrogen-bond acceptors (Lipinski definition) is 3. The van der Waals surface area contributed by atoms with E-state index in [1.54, 1.807) is 0 Å². The van der Waals surface area contributed by atoms with Crippen molar-refractivity contribution in [1.29, 1.82) is 0 Å². The molecule has 1 spiro atoms. The van der Waals surface area contributed by atoms with Crippen molar-refractivity contribution in [3.63, 3.8) is 0 Å². The zero-order valence-corrected chi connectivity index (χ0v) is 11.3. The fourth-order valence-corrected chi connectivity index (χ4v) is 4.07. The molecule has 2 heterocycles. The van der Waals surface area contributed by atoms with Crippen molar-refractivity contribution in [3.05, 3.63) is 0 Å². The van der Waals surface area contributed by atoms with Gasteiger partial charge in [-0.2, -0.15) is 0 Å². The summed E-state index contributed by atoms with van der Waals surface area (Å²) in [6, 6.07) is 0. The van der Waals surface area contributed by atoms with E-state index < -0.39 is 0 Å². The van der Waals surface area contributed by atoms with Crippen LogP contribution in [0.3, 0.4) is 0 Å². The summed E-state index contributed by atoms with van der Waals surface area (Å²) in [4.78, 5) is 0. The molecule has 2 saturated heterocycles. The van der Waals surface area contributed by atoms with E-state index in [4.69, 9.17) is 9.47 Å². The third-order valence-corrected chi connectivity index (χ3v) is 5.18. The molecule has 0 bridgehead atoms. The van der Waals surface area contributed by atoms with Crippen LogP contribution in [0.2, 0.25) is 0 Å². The number of hydrogen-bond donors (Lipinski definition) is 1. The first-order chi connectivity index (χ1) is 8.77. The maximum Gasteiger partial charge on any atom is 0.0939 e. The van der Waals surface area contributed by atoms with Crippen LogP contribution in [0.15, 0.2) is 0 Å². The van der Waals surface area contributed by atoms with E-state index in [0.717, 1.165) is 45.5 Å². The van der Waals surface area contributed by atoms with Crippen molar-refractivity contribution in [1.82, 2.24) is 0 Å². The monoisotopic (exact) mass is 254 g/mol. The lowest BCUT2D eigenvalue weighted by Gasteiger charge is -2.38. The van der Waals surface area contributed by atoms with Crippen LogP contribution < -0.4 is 0 Å². The van der Waals surface area contributed by atoms with Crippen LogP contribution in [0.1, 0.15) is 51.4 Å². The van der Waals surface area contributed by atoms with Gasteiger partial charge >= 0.3 is 0 Å². The molecule has 18 heavy (non-hydrogen) atoms. The number of aliphatic hydroxyl groups is 1. The lowest BCUT2D eigenvalue weighted by atomic mass is 9.80. The third-order valence-electron chi connectivity index (χ3n) is 5.18. The highest BCUT2D eigenvalue weighted by atomic mass is 16.6. The topological polar surface area (TPSA) is 38.7 Å². The summed E-state index contributed by atoms with van der Waals surface area (Å²) in [7, 11) is 0. The van der Waals surface area contributed by atoms with Gasteiger partial charge in [0.15, 0.2) is 0 Å². The fourth-order valence-electron chi connectivity index (χ4n) is 4.07. The summed E-state index contributed by atoms with van der Waals surface area (Å²) >= 11 is 0. The summed E-state index contributed by atoms with van der Waals surface area (Å²) in [6.45, 7) is 2.46. The van der Waals surface area contributed by atoms with E-state index in [1.807, 2.05) is 0 Å². The largest absolute Gasteiger partial charge is 0.393 e. The Morgan fingerprint density at radius 3 is 2.72 bits per heavy atom. The Morgan fingerprint density at radius 1 is 1.17 bits per heavy atom. The summed E-state index contributed by atoms with van der Waals surface area (Å²) < 4.78 is 11.5. The fraction of sp³-hybridized carbons (Fsp3) is 1.00. The van der Waals surface area contributed by atoms with Gasteiger partial charge in [0, 0.05) is 19.6 Å². The van der Waals surface area contributed by atoms with E-state index in [0.29, 0.717) is 11.8 Å². The SMILES string of the molecule is OC(CC1CCOC2(CCOC2)C1)C1CCCC1. The van der Waals surface area contributed by atoms with Crippen LogP contribution >= 0.6 is 0 Å². The van der Waals surface area contributed by atoms with Crippen molar-refractivity contribution in [2.45, 2.75) is 63.1 Å². The van der Waals surface area contributed by atoms with Crippen molar-refractivity contribution < 1.29 is 14.6 Å². The first-order valence-corrected chi connectivity index (χ1v) is 7.67. The van der Waals surface area contributed by atoms with Gasteiger partial charge in [0.2, 0.25) is 0 Å².